The lowest BCUT2D eigenvalue weighted by Crippen LogP contribution is -2.57. The molecule has 117 valence electrons. The van der Waals surface area contributed by atoms with E-state index in [4.69, 9.17) is 13.3 Å². The molecule has 4 heteroatoms. The quantitative estimate of drug-likeness (QED) is 0.586. The molecule has 0 heterocycles. The van der Waals surface area contributed by atoms with E-state index in [1.807, 2.05) is 24.3 Å². The molecule has 0 N–H and O–H groups in total. The van der Waals surface area contributed by atoms with Gasteiger partial charge in [0, 0.05) is 25.0 Å². The molecule has 1 rings (SSSR count). The fourth-order valence-corrected chi connectivity index (χ4v) is 4.62. The maximum absolute atomic E-state index is 6.10. The van der Waals surface area contributed by atoms with Gasteiger partial charge in [0.05, 0.1) is 0 Å². The average Bonchev–Trinajstić information content (AvgIpc) is 2.55. The molecule has 0 fully saturated rings. The summed E-state index contributed by atoms with van der Waals surface area (Å²) in [7, 11) is -2.82. The molecule has 1 aromatic carbocycles. The van der Waals surface area contributed by atoms with Crippen LogP contribution in [0, 0.1) is 6.08 Å². The summed E-state index contributed by atoms with van der Waals surface area (Å²) in [5, 5.41) is 1.01. The van der Waals surface area contributed by atoms with E-state index < -0.39 is 8.80 Å². The van der Waals surface area contributed by atoms with Crippen molar-refractivity contribution in [2.75, 3.05) is 19.8 Å². The minimum Gasteiger partial charge on any atom is -0.370 e. The second kappa shape index (κ2) is 9.90. The van der Waals surface area contributed by atoms with Crippen molar-refractivity contribution in [1.82, 2.24) is 0 Å². The van der Waals surface area contributed by atoms with Crippen LogP contribution in [0.4, 0.5) is 0 Å². The Balaban J connectivity index is 3.05. The molecule has 21 heavy (non-hydrogen) atoms. The topological polar surface area (TPSA) is 27.7 Å². The molecule has 0 aliphatic heterocycles. The molecule has 0 spiro atoms. The van der Waals surface area contributed by atoms with Gasteiger partial charge < -0.3 is 13.3 Å². The van der Waals surface area contributed by atoms with Crippen molar-refractivity contribution in [1.29, 1.82) is 0 Å². The van der Waals surface area contributed by atoms with Crippen molar-refractivity contribution in [2.45, 2.75) is 40.0 Å². The Hall–Kier alpha value is -0.943. The van der Waals surface area contributed by atoms with Gasteiger partial charge in [0.2, 0.25) is 0 Å². The lowest BCUT2D eigenvalue weighted by Gasteiger charge is -2.29. The van der Waals surface area contributed by atoms with Crippen molar-refractivity contribution in [3.8, 4) is 0 Å². The standard InChI is InChI=1S/C17H27O3Si/c1-5-13-18-21(19-14-6-2,20-15-7-3)17-11-9-16(8-4)10-12-17/h9-12H,4-7,13-15H2,1-3H3. The van der Waals surface area contributed by atoms with Crippen molar-refractivity contribution in [3.05, 3.63) is 42.5 Å². The fourth-order valence-electron chi connectivity index (χ4n) is 1.88. The van der Waals surface area contributed by atoms with E-state index in [0.717, 1.165) is 30.0 Å². The maximum Gasteiger partial charge on any atom is 0.537 e. The highest BCUT2D eigenvalue weighted by atomic mass is 28.4. The van der Waals surface area contributed by atoms with E-state index in [1.54, 1.807) is 0 Å². The van der Waals surface area contributed by atoms with E-state index in [2.05, 4.69) is 33.4 Å². The van der Waals surface area contributed by atoms with Crippen LogP contribution < -0.4 is 5.19 Å². The summed E-state index contributed by atoms with van der Waals surface area (Å²) in [4.78, 5) is 0. The van der Waals surface area contributed by atoms with Gasteiger partial charge in [0.15, 0.2) is 0 Å². The van der Waals surface area contributed by atoms with Crippen LogP contribution in [0.1, 0.15) is 45.6 Å². The van der Waals surface area contributed by atoms with E-state index in [9.17, 15) is 0 Å². The molecule has 0 unspecified atom stereocenters. The van der Waals surface area contributed by atoms with Gasteiger partial charge in [-0.25, -0.2) is 0 Å². The summed E-state index contributed by atoms with van der Waals surface area (Å²) < 4.78 is 18.3. The van der Waals surface area contributed by atoms with Gasteiger partial charge in [0.1, 0.15) is 0 Å². The third kappa shape index (κ3) is 5.40. The Morgan fingerprint density at radius 3 is 1.62 bits per heavy atom. The molecule has 1 radical (unpaired) electrons. The molecule has 0 amide bonds. The van der Waals surface area contributed by atoms with Crippen LogP contribution in [0.5, 0.6) is 0 Å². The van der Waals surface area contributed by atoms with Crippen LogP contribution in [0.2, 0.25) is 0 Å². The Kier molecular flexibility index (Phi) is 8.53. The SMILES string of the molecule is C=[C]c1ccc([Si](OCCC)(OCCC)OCCC)cc1. The van der Waals surface area contributed by atoms with Gasteiger partial charge in [-0.1, -0.05) is 51.6 Å². The summed E-state index contributed by atoms with van der Waals surface area (Å²) in [5.74, 6) is 0. The van der Waals surface area contributed by atoms with Gasteiger partial charge in [-0.3, -0.25) is 0 Å². The van der Waals surface area contributed by atoms with E-state index in [1.165, 1.54) is 0 Å². The fraction of sp³-hybridized carbons (Fsp3) is 0.529. The smallest absolute Gasteiger partial charge is 0.370 e. The van der Waals surface area contributed by atoms with Gasteiger partial charge >= 0.3 is 8.80 Å². The lowest BCUT2D eigenvalue weighted by atomic mass is 10.2. The number of hydrogen-bond donors (Lipinski definition) is 0. The average molecular weight is 307 g/mol. The maximum atomic E-state index is 6.10. The van der Waals surface area contributed by atoms with Crippen molar-refractivity contribution in [2.24, 2.45) is 0 Å². The molecule has 0 aliphatic carbocycles. The first-order chi connectivity index (χ1) is 10.2. The van der Waals surface area contributed by atoms with Crippen molar-refractivity contribution < 1.29 is 13.3 Å². The molecule has 0 aromatic heterocycles. The third-order valence-corrected chi connectivity index (χ3v) is 5.72. The predicted molar refractivity (Wildman–Crippen MR) is 88.5 cm³/mol. The normalized spacial score (nSPS) is 11.6. The highest BCUT2D eigenvalue weighted by Gasteiger charge is 2.43. The summed E-state index contributed by atoms with van der Waals surface area (Å²) >= 11 is 0. The first kappa shape index (κ1) is 18.1. The van der Waals surface area contributed by atoms with Gasteiger partial charge in [0.25, 0.3) is 0 Å². The molecular weight excluding hydrogens is 280 g/mol. The van der Waals surface area contributed by atoms with Gasteiger partial charge in [-0.15, -0.1) is 0 Å². The van der Waals surface area contributed by atoms with Crippen LogP contribution >= 0.6 is 0 Å². The second-order valence-electron chi connectivity index (χ2n) is 4.86. The summed E-state index contributed by atoms with van der Waals surface area (Å²) in [6, 6.07) is 7.98. The zero-order valence-electron chi connectivity index (χ0n) is 13.5. The number of benzene rings is 1. The molecule has 0 atom stereocenters. The first-order valence-corrected chi connectivity index (χ1v) is 9.50. The molecule has 0 bridgehead atoms. The molecule has 3 nitrogen and oxygen atoms in total. The Morgan fingerprint density at radius 1 is 0.857 bits per heavy atom. The van der Waals surface area contributed by atoms with E-state index in [0.29, 0.717) is 19.8 Å². The number of hydrogen-bond acceptors (Lipinski definition) is 3. The lowest BCUT2D eigenvalue weighted by molar-refractivity contribution is 0.0732. The largest absolute Gasteiger partial charge is 0.537 e. The summed E-state index contributed by atoms with van der Waals surface area (Å²) in [5.41, 5.74) is 0.961. The minimum atomic E-state index is -2.82. The van der Waals surface area contributed by atoms with Crippen molar-refractivity contribution >= 4 is 14.0 Å². The van der Waals surface area contributed by atoms with Crippen molar-refractivity contribution in [3.63, 3.8) is 0 Å². The summed E-state index contributed by atoms with van der Waals surface area (Å²) in [6.07, 6.45) is 5.71. The Labute approximate surface area is 130 Å². The number of rotatable bonds is 11. The van der Waals surface area contributed by atoms with Crippen LogP contribution in [-0.4, -0.2) is 28.6 Å². The zero-order valence-corrected chi connectivity index (χ0v) is 14.5. The van der Waals surface area contributed by atoms with Crippen LogP contribution in [0.25, 0.3) is 0 Å². The third-order valence-electron chi connectivity index (χ3n) is 2.93. The summed E-state index contributed by atoms with van der Waals surface area (Å²) in [6.45, 7) is 11.9. The second-order valence-corrected chi connectivity index (χ2v) is 7.41. The molecular formula is C17H27O3Si. The van der Waals surface area contributed by atoms with E-state index in [-0.39, 0.29) is 0 Å². The zero-order chi connectivity index (χ0) is 15.6. The van der Waals surface area contributed by atoms with E-state index >= 15 is 0 Å². The van der Waals surface area contributed by atoms with Gasteiger partial charge in [-0.05, 0) is 30.9 Å². The first-order valence-electron chi connectivity index (χ1n) is 7.77. The Bertz CT molecular complexity index is 381. The van der Waals surface area contributed by atoms with Crippen LogP contribution in [-0.2, 0) is 13.3 Å². The van der Waals surface area contributed by atoms with Gasteiger partial charge in [-0.2, -0.15) is 0 Å². The molecule has 0 saturated heterocycles. The highest BCUT2D eigenvalue weighted by Crippen LogP contribution is 2.13. The predicted octanol–water partition coefficient (Wildman–Crippen LogP) is 3.45. The minimum absolute atomic E-state index is 0.648. The molecule has 0 aliphatic rings. The van der Waals surface area contributed by atoms with Crippen LogP contribution in [0.15, 0.2) is 30.8 Å². The van der Waals surface area contributed by atoms with Crippen LogP contribution in [0.3, 0.4) is 0 Å². The highest BCUT2D eigenvalue weighted by molar-refractivity contribution is 6.75. The Morgan fingerprint density at radius 2 is 1.29 bits per heavy atom. The molecule has 0 saturated carbocycles. The monoisotopic (exact) mass is 307 g/mol. The molecule has 1 aromatic rings.